The average Bonchev–Trinajstić information content (AvgIpc) is 3.43. The second kappa shape index (κ2) is 6.59. The molecule has 6 rings (SSSR count). The standard InChI is InChI=1S/C23H15N7/c1-2-8-25-19(5-1)15-10-18-21(29-30-23(18)27-13-15)20-11-17-16(6-9-26-22(17)28-20)14-4-3-7-24-12-14/h1-13H,(H,26,28)(H,27,29,30). The van der Waals surface area contributed by atoms with Crippen molar-refractivity contribution < 1.29 is 0 Å². The first-order valence-electron chi connectivity index (χ1n) is 9.51. The smallest absolute Gasteiger partial charge is 0.181 e. The number of H-pyrrole nitrogens is 2. The molecule has 6 heterocycles. The van der Waals surface area contributed by atoms with Gasteiger partial charge in [0, 0.05) is 52.9 Å². The third kappa shape index (κ3) is 2.64. The van der Waals surface area contributed by atoms with Crippen LogP contribution in [0.5, 0.6) is 0 Å². The van der Waals surface area contributed by atoms with Gasteiger partial charge in [0.15, 0.2) is 5.65 Å². The lowest BCUT2D eigenvalue weighted by atomic mass is 10.1. The van der Waals surface area contributed by atoms with Crippen LogP contribution in [0.3, 0.4) is 0 Å². The lowest BCUT2D eigenvalue weighted by molar-refractivity contribution is 1.10. The Labute approximate surface area is 170 Å². The van der Waals surface area contributed by atoms with Gasteiger partial charge in [0.1, 0.15) is 5.65 Å². The second-order valence-electron chi connectivity index (χ2n) is 6.95. The van der Waals surface area contributed by atoms with E-state index in [-0.39, 0.29) is 0 Å². The predicted octanol–water partition coefficient (Wildman–Crippen LogP) is 4.63. The summed E-state index contributed by atoms with van der Waals surface area (Å²) in [4.78, 5) is 21.1. The molecule has 0 bridgehead atoms. The summed E-state index contributed by atoms with van der Waals surface area (Å²) in [7, 11) is 0. The highest BCUT2D eigenvalue weighted by molar-refractivity contribution is 5.99. The largest absolute Gasteiger partial charge is 0.338 e. The van der Waals surface area contributed by atoms with Crippen LogP contribution in [-0.2, 0) is 0 Å². The van der Waals surface area contributed by atoms with Crippen LogP contribution in [0.25, 0.3) is 55.8 Å². The molecular formula is C23H15N7. The van der Waals surface area contributed by atoms with Crippen LogP contribution in [0.15, 0.2) is 79.5 Å². The minimum atomic E-state index is 0.656. The molecule has 0 atom stereocenters. The Hall–Kier alpha value is -4.39. The summed E-state index contributed by atoms with van der Waals surface area (Å²) in [6, 6.07) is 16.0. The van der Waals surface area contributed by atoms with Gasteiger partial charge in [-0.25, -0.2) is 9.97 Å². The van der Waals surface area contributed by atoms with Crippen LogP contribution in [0.4, 0.5) is 0 Å². The summed E-state index contributed by atoms with van der Waals surface area (Å²) in [5, 5.41) is 9.45. The molecule has 0 saturated carbocycles. The van der Waals surface area contributed by atoms with Crippen molar-refractivity contribution in [2.45, 2.75) is 0 Å². The lowest BCUT2D eigenvalue weighted by Crippen LogP contribution is -1.85. The normalized spacial score (nSPS) is 11.3. The molecule has 0 aliphatic rings. The summed E-state index contributed by atoms with van der Waals surface area (Å²) in [5.41, 5.74) is 7.16. The van der Waals surface area contributed by atoms with Crippen molar-refractivity contribution in [1.82, 2.24) is 35.1 Å². The fourth-order valence-corrected chi connectivity index (χ4v) is 3.71. The number of hydrogen-bond donors (Lipinski definition) is 2. The fraction of sp³-hybridized carbons (Fsp3) is 0. The molecule has 0 aromatic carbocycles. The van der Waals surface area contributed by atoms with Crippen LogP contribution in [0.2, 0.25) is 0 Å². The molecule has 7 heteroatoms. The summed E-state index contributed by atoms with van der Waals surface area (Å²) in [6.45, 7) is 0. The van der Waals surface area contributed by atoms with Crippen molar-refractivity contribution in [3.05, 3.63) is 79.5 Å². The Bertz CT molecular complexity index is 1480. The molecular weight excluding hydrogens is 374 g/mol. The maximum Gasteiger partial charge on any atom is 0.181 e. The van der Waals surface area contributed by atoms with E-state index in [0.29, 0.717) is 5.65 Å². The van der Waals surface area contributed by atoms with Gasteiger partial charge in [-0.2, -0.15) is 5.10 Å². The molecule has 6 aromatic rings. The van der Waals surface area contributed by atoms with E-state index in [0.717, 1.165) is 50.2 Å². The maximum absolute atomic E-state index is 4.51. The van der Waals surface area contributed by atoms with E-state index in [1.807, 2.05) is 42.6 Å². The highest BCUT2D eigenvalue weighted by Gasteiger charge is 2.15. The van der Waals surface area contributed by atoms with Crippen LogP contribution in [0.1, 0.15) is 0 Å². The van der Waals surface area contributed by atoms with E-state index in [2.05, 4.69) is 47.2 Å². The van der Waals surface area contributed by atoms with Gasteiger partial charge in [-0.1, -0.05) is 12.1 Å². The van der Waals surface area contributed by atoms with Gasteiger partial charge in [-0.05, 0) is 42.0 Å². The Kier molecular flexibility index (Phi) is 3.64. The monoisotopic (exact) mass is 389 g/mol. The first-order chi connectivity index (χ1) is 14.9. The Morgan fingerprint density at radius 1 is 0.733 bits per heavy atom. The zero-order chi connectivity index (χ0) is 19.9. The predicted molar refractivity (Wildman–Crippen MR) is 115 cm³/mol. The van der Waals surface area contributed by atoms with Crippen molar-refractivity contribution in [3.8, 4) is 33.8 Å². The topological polar surface area (TPSA) is 96.0 Å². The van der Waals surface area contributed by atoms with E-state index in [4.69, 9.17) is 0 Å². The molecule has 0 saturated heterocycles. The van der Waals surface area contributed by atoms with Gasteiger partial charge >= 0.3 is 0 Å². The zero-order valence-electron chi connectivity index (χ0n) is 15.7. The number of rotatable bonds is 3. The minimum absolute atomic E-state index is 0.656. The van der Waals surface area contributed by atoms with E-state index in [1.165, 1.54) is 0 Å². The van der Waals surface area contributed by atoms with E-state index in [9.17, 15) is 0 Å². The van der Waals surface area contributed by atoms with E-state index >= 15 is 0 Å². The van der Waals surface area contributed by atoms with Gasteiger partial charge in [0.2, 0.25) is 0 Å². The number of fused-ring (bicyclic) bond motifs is 2. The number of nitrogens with one attached hydrogen (secondary N) is 2. The Morgan fingerprint density at radius 3 is 2.60 bits per heavy atom. The van der Waals surface area contributed by atoms with Crippen LogP contribution >= 0.6 is 0 Å². The highest BCUT2D eigenvalue weighted by Crippen LogP contribution is 2.33. The molecule has 0 spiro atoms. The van der Waals surface area contributed by atoms with E-state index < -0.39 is 0 Å². The number of aromatic nitrogens is 7. The van der Waals surface area contributed by atoms with Crippen LogP contribution in [-0.4, -0.2) is 35.1 Å². The van der Waals surface area contributed by atoms with Crippen molar-refractivity contribution in [3.63, 3.8) is 0 Å². The first kappa shape index (κ1) is 16.6. The molecule has 7 nitrogen and oxygen atoms in total. The third-order valence-corrected chi connectivity index (χ3v) is 5.14. The molecule has 2 N–H and O–H groups in total. The number of pyridine rings is 4. The summed E-state index contributed by atoms with van der Waals surface area (Å²) in [6.07, 6.45) is 9.00. The number of aromatic amines is 2. The molecule has 142 valence electrons. The number of hydrogen-bond acceptors (Lipinski definition) is 5. The summed E-state index contributed by atoms with van der Waals surface area (Å²) < 4.78 is 0. The van der Waals surface area contributed by atoms with Crippen molar-refractivity contribution in [2.75, 3.05) is 0 Å². The van der Waals surface area contributed by atoms with Crippen LogP contribution < -0.4 is 0 Å². The quantitative estimate of drug-likeness (QED) is 0.460. The SMILES string of the molecule is c1ccc(-c2cnc3n[nH]c(-c4cc5c(-c6cccnc6)ccnc5[nH]4)c3c2)nc1. The Balaban J connectivity index is 1.52. The van der Waals surface area contributed by atoms with Gasteiger partial charge < -0.3 is 4.98 Å². The van der Waals surface area contributed by atoms with Crippen molar-refractivity contribution in [1.29, 1.82) is 0 Å². The molecule has 30 heavy (non-hydrogen) atoms. The molecule has 0 radical (unpaired) electrons. The number of nitrogens with zero attached hydrogens (tertiary/aromatic N) is 5. The van der Waals surface area contributed by atoms with Gasteiger partial charge in [-0.3, -0.25) is 15.1 Å². The van der Waals surface area contributed by atoms with Gasteiger partial charge in [0.25, 0.3) is 0 Å². The molecule has 0 unspecified atom stereocenters. The van der Waals surface area contributed by atoms with Crippen LogP contribution in [0, 0.1) is 0 Å². The molecule has 0 aliphatic carbocycles. The highest BCUT2D eigenvalue weighted by atomic mass is 15.2. The average molecular weight is 389 g/mol. The molecule has 0 amide bonds. The Morgan fingerprint density at radius 2 is 1.73 bits per heavy atom. The van der Waals surface area contributed by atoms with Gasteiger partial charge in [0.05, 0.1) is 17.1 Å². The minimum Gasteiger partial charge on any atom is -0.338 e. The second-order valence-corrected chi connectivity index (χ2v) is 6.95. The maximum atomic E-state index is 4.51. The van der Waals surface area contributed by atoms with E-state index in [1.54, 1.807) is 24.8 Å². The summed E-state index contributed by atoms with van der Waals surface area (Å²) >= 11 is 0. The lowest BCUT2D eigenvalue weighted by Gasteiger charge is -2.01. The molecule has 0 aliphatic heterocycles. The van der Waals surface area contributed by atoms with Crippen molar-refractivity contribution >= 4 is 22.1 Å². The van der Waals surface area contributed by atoms with Gasteiger partial charge in [-0.15, -0.1) is 0 Å². The summed E-state index contributed by atoms with van der Waals surface area (Å²) in [5.74, 6) is 0. The van der Waals surface area contributed by atoms with Crippen molar-refractivity contribution in [2.24, 2.45) is 0 Å². The fourth-order valence-electron chi connectivity index (χ4n) is 3.71. The molecule has 6 aromatic heterocycles. The first-order valence-corrected chi connectivity index (χ1v) is 9.51. The molecule has 0 fully saturated rings. The zero-order valence-corrected chi connectivity index (χ0v) is 15.7. The third-order valence-electron chi connectivity index (χ3n) is 5.14.